The van der Waals surface area contributed by atoms with Crippen molar-refractivity contribution in [2.45, 2.75) is 22.7 Å². The Labute approximate surface area is 234 Å². The first-order valence-corrected chi connectivity index (χ1v) is 13.9. The molecule has 0 unspecified atom stereocenters. The third-order valence-electron chi connectivity index (χ3n) is 6.61. The fourth-order valence-electron chi connectivity index (χ4n) is 4.90. The molecule has 1 N–H and O–H groups in total. The number of anilines is 2. The molecule has 1 saturated heterocycles. The third-order valence-corrected chi connectivity index (χ3v) is 9.46. The molecular formula is C27H18ClFN4O4S2. The first-order valence-electron chi connectivity index (χ1n) is 11.8. The zero-order valence-corrected chi connectivity index (χ0v) is 22.3. The summed E-state index contributed by atoms with van der Waals surface area (Å²) in [6.07, 6.45) is 3.21. The molecule has 4 aromatic rings. The van der Waals surface area contributed by atoms with E-state index in [1.165, 1.54) is 28.8 Å². The summed E-state index contributed by atoms with van der Waals surface area (Å²) in [7, 11) is 0. The van der Waals surface area contributed by atoms with Crippen LogP contribution in [0, 0.1) is 11.7 Å². The highest BCUT2D eigenvalue weighted by atomic mass is 35.5. The smallest absolute Gasteiger partial charge is 0.308 e. The fourth-order valence-corrected chi connectivity index (χ4v) is 7.80. The van der Waals surface area contributed by atoms with Gasteiger partial charge in [-0.15, -0.1) is 0 Å². The molecule has 0 saturated carbocycles. The van der Waals surface area contributed by atoms with Crippen LogP contribution in [0.3, 0.4) is 0 Å². The molecular weight excluding hydrogens is 563 g/mol. The molecule has 2 aliphatic heterocycles. The van der Waals surface area contributed by atoms with Crippen molar-refractivity contribution in [1.82, 2.24) is 9.55 Å². The number of nitrogens with one attached hydrogen (secondary N) is 1. The highest BCUT2D eigenvalue weighted by Crippen LogP contribution is 2.53. The van der Waals surface area contributed by atoms with Gasteiger partial charge in [0.05, 0.1) is 16.6 Å². The number of hydrogen-bond acceptors (Lipinski definition) is 7. The largest absolute Gasteiger partial charge is 0.325 e. The lowest BCUT2D eigenvalue weighted by atomic mass is 9.84. The number of imide groups is 1. The Morgan fingerprint density at radius 3 is 2.46 bits per heavy atom. The maximum Gasteiger partial charge on any atom is 0.308 e. The van der Waals surface area contributed by atoms with E-state index in [-0.39, 0.29) is 17.1 Å². The van der Waals surface area contributed by atoms with Crippen LogP contribution in [0.25, 0.3) is 0 Å². The van der Waals surface area contributed by atoms with Gasteiger partial charge in [-0.25, -0.2) is 9.29 Å². The lowest BCUT2D eigenvalue weighted by Crippen LogP contribution is -2.33. The van der Waals surface area contributed by atoms with Crippen molar-refractivity contribution in [3.63, 3.8) is 0 Å². The van der Waals surface area contributed by atoms with Gasteiger partial charge >= 0.3 is 4.87 Å². The van der Waals surface area contributed by atoms with E-state index in [0.29, 0.717) is 26.2 Å². The molecule has 2 aromatic carbocycles. The molecule has 8 nitrogen and oxygen atoms in total. The number of thiazole rings is 1. The number of amides is 3. The predicted molar refractivity (Wildman–Crippen MR) is 147 cm³/mol. The number of benzene rings is 2. The third kappa shape index (κ3) is 4.56. The number of halogens is 2. The van der Waals surface area contributed by atoms with Crippen molar-refractivity contribution >= 4 is 63.8 Å². The Kier molecular flexibility index (Phi) is 6.57. The molecule has 1 fully saturated rings. The Balaban J connectivity index is 1.39. The number of fused-ring (bicyclic) bond motifs is 2. The Morgan fingerprint density at radius 1 is 1.03 bits per heavy atom. The quantitative estimate of drug-likeness (QED) is 0.348. The molecule has 3 amide bonds. The monoisotopic (exact) mass is 580 g/mol. The second kappa shape index (κ2) is 10.1. The predicted octanol–water partition coefficient (Wildman–Crippen LogP) is 4.53. The summed E-state index contributed by atoms with van der Waals surface area (Å²) in [6.45, 7) is -0.277. The second-order valence-corrected chi connectivity index (χ2v) is 11.6. The standard InChI is InChI=1S/C27H18ClFN4O4S2/c28-15-3-7-17(8-4-15)31-19(34)13-32-26-23(39-27(32)37)20(14-2-1-11-30-12-14)21-22(38-26)25(36)33(24(21)35)18-9-5-16(29)6-10-18/h1-12,20-22H,13H2,(H,31,34)/t20-,21-,22+/m0/s1. The highest BCUT2D eigenvalue weighted by Gasteiger charge is 2.56. The lowest BCUT2D eigenvalue weighted by molar-refractivity contribution is -0.122. The summed E-state index contributed by atoms with van der Waals surface area (Å²) in [4.78, 5) is 58.9. The lowest BCUT2D eigenvalue weighted by Gasteiger charge is -2.30. The minimum absolute atomic E-state index is 0.273. The van der Waals surface area contributed by atoms with Crippen molar-refractivity contribution in [3.05, 3.63) is 104 Å². The molecule has 196 valence electrons. The van der Waals surface area contributed by atoms with Crippen LogP contribution in [0.1, 0.15) is 16.4 Å². The summed E-state index contributed by atoms with van der Waals surface area (Å²) >= 11 is 7.97. The van der Waals surface area contributed by atoms with Crippen LogP contribution in [-0.2, 0) is 20.9 Å². The van der Waals surface area contributed by atoms with E-state index in [0.717, 1.165) is 28.0 Å². The van der Waals surface area contributed by atoms with Crippen LogP contribution in [-0.4, -0.2) is 32.5 Å². The molecule has 6 rings (SSSR count). The van der Waals surface area contributed by atoms with Gasteiger partial charge in [-0.05, 0) is 60.2 Å². The number of carbonyl (C=O) groups excluding carboxylic acids is 3. The SMILES string of the molecule is O=C(Cn1c2c(sc1=O)[C@@H](c1cccnc1)[C@@H]1C(=O)N(c3ccc(F)cc3)C(=O)[C@@H]1S2)Nc1ccc(Cl)cc1. The number of thioether (sulfide) groups is 1. The molecule has 4 heterocycles. The van der Waals surface area contributed by atoms with Crippen molar-refractivity contribution < 1.29 is 18.8 Å². The summed E-state index contributed by atoms with van der Waals surface area (Å²) in [6, 6.07) is 15.3. The number of nitrogens with zero attached hydrogens (tertiary/aromatic N) is 3. The van der Waals surface area contributed by atoms with Gasteiger partial charge in [0.1, 0.15) is 17.6 Å². The molecule has 0 bridgehead atoms. The van der Waals surface area contributed by atoms with E-state index < -0.39 is 40.6 Å². The van der Waals surface area contributed by atoms with Gasteiger partial charge < -0.3 is 5.32 Å². The van der Waals surface area contributed by atoms with Gasteiger partial charge in [0, 0.05) is 33.9 Å². The van der Waals surface area contributed by atoms with Crippen LogP contribution in [0.15, 0.2) is 82.9 Å². The van der Waals surface area contributed by atoms with Crippen molar-refractivity contribution in [2.24, 2.45) is 5.92 Å². The van der Waals surface area contributed by atoms with Gasteiger partial charge in [0.2, 0.25) is 17.7 Å². The van der Waals surface area contributed by atoms with Crippen LogP contribution < -0.4 is 15.1 Å². The van der Waals surface area contributed by atoms with E-state index >= 15 is 0 Å². The zero-order chi connectivity index (χ0) is 27.3. The van der Waals surface area contributed by atoms with Crippen molar-refractivity contribution in [1.29, 1.82) is 0 Å². The summed E-state index contributed by atoms with van der Waals surface area (Å²) in [5.41, 5.74) is 1.47. The number of carbonyl (C=O) groups is 3. The average Bonchev–Trinajstić information content (AvgIpc) is 3.37. The molecule has 0 spiro atoms. The molecule has 39 heavy (non-hydrogen) atoms. The van der Waals surface area contributed by atoms with Crippen LogP contribution in [0.5, 0.6) is 0 Å². The van der Waals surface area contributed by atoms with Crippen LogP contribution in [0.4, 0.5) is 15.8 Å². The molecule has 3 atom stereocenters. The van der Waals surface area contributed by atoms with E-state index in [4.69, 9.17) is 11.6 Å². The summed E-state index contributed by atoms with van der Waals surface area (Å²) < 4.78 is 14.9. The maximum absolute atomic E-state index is 13.7. The Bertz CT molecular complexity index is 1660. The number of aromatic nitrogens is 2. The first-order chi connectivity index (χ1) is 18.8. The normalized spacial score (nSPS) is 20.1. The molecule has 0 aliphatic carbocycles. The van der Waals surface area contributed by atoms with E-state index in [1.54, 1.807) is 48.8 Å². The van der Waals surface area contributed by atoms with Gasteiger partial charge in [-0.2, -0.15) is 0 Å². The van der Waals surface area contributed by atoms with Gasteiger partial charge in [0.25, 0.3) is 0 Å². The Hall–Kier alpha value is -3.80. The number of rotatable bonds is 5. The molecule has 12 heteroatoms. The van der Waals surface area contributed by atoms with E-state index in [1.807, 2.05) is 0 Å². The van der Waals surface area contributed by atoms with Gasteiger partial charge in [-0.3, -0.25) is 28.7 Å². The minimum atomic E-state index is -0.847. The number of hydrogen-bond donors (Lipinski definition) is 1. The molecule has 2 aromatic heterocycles. The van der Waals surface area contributed by atoms with Crippen molar-refractivity contribution in [3.8, 4) is 0 Å². The maximum atomic E-state index is 13.7. The van der Waals surface area contributed by atoms with Crippen LogP contribution in [0.2, 0.25) is 5.02 Å². The van der Waals surface area contributed by atoms with Gasteiger partial charge in [0.15, 0.2) is 0 Å². The molecule has 0 radical (unpaired) electrons. The second-order valence-electron chi connectivity index (χ2n) is 9.00. The minimum Gasteiger partial charge on any atom is -0.325 e. The van der Waals surface area contributed by atoms with Crippen molar-refractivity contribution in [2.75, 3.05) is 10.2 Å². The highest BCUT2D eigenvalue weighted by molar-refractivity contribution is 8.00. The van der Waals surface area contributed by atoms with Gasteiger partial charge in [-0.1, -0.05) is 40.8 Å². The Morgan fingerprint density at radius 2 is 1.77 bits per heavy atom. The number of pyridine rings is 1. The summed E-state index contributed by atoms with van der Waals surface area (Å²) in [5.74, 6) is -3.24. The van der Waals surface area contributed by atoms with E-state index in [2.05, 4.69) is 10.3 Å². The first kappa shape index (κ1) is 25.5. The fraction of sp³-hybridized carbons (Fsp3) is 0.148. The van der Waals surface area contributed by atoms with E-state index in [9.17, 15) is 23.6 Å². The van der Waals surface area contributed by atoms with Crippen LogP contribution >= 0.6 is 34.7 Å². The molecule has 2 aliphatic rings. The zero-order valence-electron chi connectivity index (χ0n) is 19.9. The topological polar surface area (TPSA) is 101 Å². The summed E-state index contributed by atoms with van der Waals surface area (Å²) in [5, 5.41) is 2.89. The average molecular weight is 581 g/mol.